The van der Waals surface area contributed by atoms with E-state index in [9.17, 15) is 19.5 Å². The molecule has 0 aliphatic rings. The molecule has 0 radical (unpaired) electrons. The molecule has 3 amide bonds. The summed E-state index contributed by atoms with van der Waals surface area (Å²) in [6.45, 7) is 4.58. The maximum Gasteiger partial charge on any atom is 0.273 e. The maximum absolute atomic E-state index is 13.9. The third kappa shape index (κ3) is 5.81. The third-order valence-corrected chi connectivity index (χ3v) is 6.38. The van der Waals surface area contributed by atoms with Crippen molar-refractivity contribution in [2.45, 2.75) is 25.8 Å². The zero-order chi connectivity index (χ0) is 26.4. The Bertz CT molecular complexity index is 1220. The number of carbonyl (C=O) groups excluding carboxylic acids is 3. The summed E-state index contributed by atoms with van der Waals surface area (Å²) < 4.78 is 8.98. The molecule has 0 fully saturated rings. The topological polar surface area (TPSA) is 161 Å². The van der Waals surface area contributed by atoms with Crippen LogP contribution in [0, 0.1) is 0 Å². The predicted octanol–water partition coefficient (Wildman–Crippen LogP) is 2.80. The predicted molar refractivity (Wildman–Crippen MR) is 138 cm³/mol. The summed E-state index contributed by atoms with van der Waals surface area (Å²) in [4.78, 5) is 40.4. The fourth-order valence-corrected chi connectivity index (χ4v) is 4.33. The molecule has 1 atom stereocenters. The van der Waals surface area contributed by atoms with Crippen molar-refractivity contribution >= 4 is 40.6 Å². The van der Waals surface area contributed by atoms with E-state index in [1.807, 2.05) is 26.0 Å². The van der Waals surface area contributed by atoms with Crippen LogP contribution in [0.5, 0.6) is 5.75 Å². The highest BCUT2D eigenvalue weighted by Crippen LogP contribution is 2.34. The van der Waals surface area contributed by atoms with Gasteiger partial charge < -0.3 is 26.6 Å². The number of amides is 3. The Kier molecular flexibility index (Phi) is 8.62. The van der Waals surface area contributed by atoms with Gasteiger partial charge in [0.1, 0.15) is 16.7 Å². The number of aromatic nitrogens is 1. The van der Waals surface area contributed by atoms with Gasteiger partial charge in [0.05, 0.1) is 12.3 Å². The second kappa shape index (κ2) is 11.6. The van der Waals surface area contributed by atoms with E-state index in [-0.39, 0.29) is 41.1 Å². The van der Waals surface area contributed by atoms with E-state index in [0.29, 0.717) is 11.3 Å². The molecule has 0 saturated heterocycles. The molecule has 6 N–H and O–H groups in total. The van der Waals surface area contributed by atoms with Gasteiger partial charge in [-0.05, 0) is 52.8 Å². The van der Waals surface area contributed by atoms with E-state index >= 15 is 0 Å². The van der Waals surface area contributed by atoms with Crippen LogP contribution in [0.25, 0.3) is 0 Å². The number of methoxy groups -OCH3 is 1. The Morgan fingerprint density at radius 1 is 1.08 bits per heavy atom. The van der Waals surface area contributed by atoms with Crippen molar-refractivity contribution in [2.24, 2.45) is 5.73 Å². The second-order valence-electron chi connectivity index (χ2n) is 8.34. The Balaban J connectivity index is 2.18. The summed E-state index contributed by atoms with van der Waals surface area (Å²) in [7, 11) is 1.51. The zero-order valence-electron chi connectivity index (χ0n) is 20.2. The first kappa shape index (κ1) is 26.6. The van der Waals surface area contributed by atoms with Gasteiger partial charge in [-0.25, -0.2) is 0 Å². The molecule has 0 unspecified atom stereocenters. The van der Waals surface area contributed by atoms with Crippen molar-refractivity contribution < 1.29 is 24.2 Å². The lowest BCUT2D eigenvalue weighted by Gasteiger charge is -2.31. The number of aromatic hydroxyl groups is 1. The number of nitrogen functional groups attached to an aromatic ring is 1. The van der Waals surface area contributed by atoms with Gasteiger partial charge in [0.25, 0.3) is 11.8 Å². The molecule has 3 rings (SSSR count). The van der Waals surface area contributed by atoms with Gasteiger partial charge in [-0.3, -0.25) is 19.3 Å². The summed E-state index contributed by atoms with van der Waals surface area (Å²) in [5.74, 6) is -1.70. The third-order valence-electron chi connectivity index (χ3n) is 5.53. The minimum Gasteiger partial charge on any atom is -0.508 e. The van der Waals surface area contributed by atoms with Crippen LogP contribution in [-0.4, -0.2) is 47.5 Å². The quantitative estimate of drug-likeness (QED) is 0.304. The van der Waals surface area contributed by atoms with Gasteiger partial charge in [-0.2, -0.15) is 4.37 Å². The van der Waals surface area contributed by atoms with Crippen LogP contribution in [0.2, 0.25) is 0 Å². The first-order valence-corrected chi connectivity index (χ1v) is 12.0. The molecular weight excluding hydrogens is 482 g/mol. The highest BCUT2D eigenvalue weighted by atomic mass is 32.1. The van der Waals surface area contributed by atoms with Gasteiger partial charge in [0.2, 0.25) is 5.91 Å². The van der Waals surface area contributed by atoms with E-state index in [1.54, 1.807) is 24.3 Å². The number of phenolic OH excluding ortho intramolecular Hbond substituents is 1. The Morgan fingerprint density at radius 3 is 2.22 bits per heavy atom. The smallest absolute Gasteiger partial charge is 0.273 e. The number of anilines is 2. The molecule has 1 heterocycles. The number of nitrogens with two attached hydrogens (primary N) is 2. The first-order valence-electron chi connectivity index (χ1n) is 11.2. The second-order valence-corrected chi connectivity index (χ2v) is 9.11. The van der Waals surface area contributed by atoms with Crippen LogP contribution in [-0.2, 0) is 9.53 Å². The van der Waals surface area contributed by atoms with Gasteiger partial charge in [0.15, 0.2) is 5.69 Å². The number of benzene rings is 2. The van der Waals surface area contributed by atoms with E-state index in [4.69, 9.17) is 16.2 Å². The van der Waals surface area contributed by atoms with E-state index in [1.165, 1.54) is 24.1 Å². The molecule has 0 bridgehead atoms. The van der Waals surface area contributed by atoms with Crippen LogP contribution in [0.15, 0.2) is 48.5 Å². The van der Waals surface area contributed by atoms with E-state index in [0.717, 1.165) is 17.1 Å². The standard InChI is InChI=1S/C25H29N5O5S/c1-14(2)15-4-8-17(9-5-15)30(25(34)22-19(26)20(23(27)32)29-36-22)21(24(33)28-12-13-35-3)16-6-10-18(31)11-7-16/h4-11,14,21,31H,12-13,26H2,1-3H3,(H2,27,32)(H,28,33)/t21-/m0/s1. The molecule has 2 aromatic carbocycles. The lowest BCUT2D eigenvalue weighted by atomic mass is 10.00. The number of nitrogens with one attached hydrogen (secondary N) is 1. The number of hydrogen-bond donors (Lipinski definition) is 4. The minimum atomic E-state index is -1.14. The van der Waals surface area contributed by atoms with Crippen LogP contribution < -0.4 is 21.7 Å². The molecule has 0 aliphatic heterocycles. The van der Waals surface area contributed by atoms with Crippen molar-refractivity contribution in [2.75, 3.05) is 30.9 Å². The number of phenols is 1. The number of hydrogen-bond acceptors (Lipinski definition) is 8. The molecular formula is C25H29N5O5S. The normalized spacial score (nSPS) is 11.8. The fourth-order valence-electron chi connectivity index (χ4n) is 3.59. The van der Waals surface area contributed by atoms with Crippen molar-refractivity contribution in [1.29, 1.82) is 0 Å². The van der Waals surface area contributed by atoms with Gasteiger partial charge in [-0.1, -0.05) is 38.1 Å². The summed E-state index contributed by atoms with van der Waals surface area (Å²) in [5, 5.41) is 12.6. The molecule has 1 aromatic heterocycles. The zero-order valence-corrected chi connectivity index (χ0v) is 21.0. The number of ether oxygens (including phenoxy) is 1. The number of rotatable bonds is 10. The van der Waals surface area contributed by atoms with Crippen molar-refractivity contribution in [3.63, 3.8) is 0 Å². The first-order chi connectivity index (χ1) is 17.1. The SMILES string of the molecule is COCCNC(=O)[C@H](c1ccc(O)cc1)N(C(=O)c1snc(C(N)=O)c1N)c1ccc(C(C)C)cc1. The highest BCUT2D eigenvalue weighted by Gasteiger charge is 2.36. The average Bonchev–Trinajstić information content (AvgIpc) is 3.24. The molecule has 190 valence electrons. The Hall–Kier alpha value is -3.96. The van der Waals surface area contributed by atoms with Crippen LogP contribution in [0.4, 0.5) is 11.4 Å². The maximum atomic E-state index is 13.9. The lowest BCUT2D eigenvalue weighted by Crippen LogP contribution is -2.44. The highest BCUT2D eigenvalue weighted by molar-refractivity contribution is 7.09. The number of carbonyl (C=O) groups is 3. The molecule has 3 aromatic rings. The van der Waals surface area contributed by atoms with Crippen LogP contribution in [0.1, 0.15) is 57.1 Å². The van der Waals surface area contributed by atoms with E-state index in [2.05, 4.69) is 9.69 Å². The summed E-state index contributed by atoms with van der Waals surface area (Å²) in [5.41, 5.74) is 13.0. The lowest BCUT2D eigenvalue weighted by molar-refractivity contribution is -0.122. The summed E-state index contributed by atoms with van der Waals surface area (Å²) in [6, 6.07) is 12.1. The molecule has 10 nitrogen and oxygen atoms in total. The molecule has 0 aliphatic carbocycles. The minimum absolute atomic E-state index is 0.00857. The van der Waals surface area contributed by atoms with Gasteiger partial charge in [-0.15, -0.1) is 0 Å². The molecule has 0 spiro atoms. The average molecular weight is 512 g/mol. The summed E-state index contributed by atoms with van der Waals surface area (Å²) >= 11 is 0.733. The van der Waals surface area contributed by atoms with Crippen molar-refractivity contribution in [3.8, 4) is 5.75 Å². The summed E-state index contributed by atoms with van der Waals surface area (Å²) in [6.07, 6.45) is 0. The van der Waals surface area contributed by atoms with Gasteiger partial charge in [0, 0.05) is 19.3 Å². The molecule has 0 saturated carbocycles. The fraction of sp³-hybridized carbons (Fsp3) is 0.280. The number of nitrogens with zero attached hydrogens (tertiary/aromatic N) is 2. The van der Waals surface area contributed by atoms with Crippen LogP contribution in [0.3, 0.4) is 0 Å². The molecule has 36 heavy (non-hydrogen) atoms. The van der Waals surface area contributed by atoms with Gasteiger partial charge >= 0.3 is 0 Å². The number of primary amides is 1. The van der Waals surface area contributed by atoms with E-state index < -0.39 is 23.8 Å². The van der Waals surface area contributed by atoms with Crippen LogP contribution >= 0.6 is 11.5 Å². The Labute approximate surface area is 213 Å². The van der Waals surface area contributed by atoms with Crippen molar-refractivity contribution in [3.05, 3.63) is 70.2 Å². The largest absolute Gasteiger partial charge is 0.508 e. The molecule has 11 heteroatoms. The monoisotopic (exact) mass is 511 g/mol. The van der Waals surface area contributed by atoms with Crippen molar-refractivity contribution in [1.82, 2.24) is 9.69 Å². The Morgan fingerprint density at radius 2 is 1.69 bits per heavy atom.